The van der Waals surface area contributed by atoms with E-state index in [0.717, 1.165) is 17.2 Å². The van der Waals surface area contributed by atoms with Crippen molar-refractivity contribution in [1.82, 2.24) is 10.1 Å². The Morgan fingerprint density at radius 1 is 1.11 bits per heavy atom. The molecule has 0 radical (unpaired) electrons. The number of fused-ring (bicyclic) bond motifs is 1. The molecule has 0 bridgehead atoms. The van der Waals surface area contributed by atoms with Crippen LogP contribution in [0.3, 0.4) is 0 Å². The van der Waals surface area contributed by atoms with Crippen molar-refractivity contribution in [2.45, 2.75) is 13.8 Å². The van der Waals surface area contributed by atoms with E-state index in [1.54, 1.807) is 13.0 Å². The lowest BCUT2D eigenvalue weighted by Gasteiger charge is -2.10. The van der Waals surface area contributed by atoms with Gasteiger partial charge in [0.25, 0.3) is 11.6 Å². The normalized spacial score (nSPS) is 11.0. The molecule has 0 saturated heterocycles. The summed E-state index contributed by atoms with van der Waals surface area (Å²) >= 11 is 6.03. The Labute approximate surface area is 165 Å². The van der Waals surface area contributed by atoms with Crippen LogP contribution in [0.15, 0.2) is 53.1 Å². The second-order valence-electron chi connectivity index (χ2n) is 6.45. The van der Waals surface area contributed by atoms with Gasteiger partial charge in [-0.15, -0.1) is 0 Å². The van der Waals surface area contributed by atoms with E-state index >= 15 is 0 Å². The number of carbonyl (C=O) groups excluding carboxylic acids is 1. The molecule has 0 atom stereocenters. The zero-order chi connectivity index (χ0) is 19.8. The zero-order valence-corrected chi connectivity index (χ0v) is 15.8. The Balaban J connectivity index is 1.81. The number of carbonyl (C=O) groups is 1. The average molecular weight is 396 g/mol. The van der Waals surface area contributed by atoms with E-state index in [2.05, 4.69) is 15.5 Å². The molecule has 0 aliphatic rings. The Morgan fingerprint density at radius 3 is 2.57 bits per heavy atom. The molecule has 0 fully saturated rings. The molecule has 2 heterocycles. The first kappa shape index (κ1) is 18.1. The molecular weight excluding hydrogens is 381 g/mol. The van der Waals surface area contributed by atoms with Gasteiger partial charge in [0.05, 0.1) is 33.0 Å². The van der Waals surface area contributed by atoms with Crippen molar-refractivity contribution in [2.75, 3.05) is 5.32 Å². The number of rotatable bonds is 3. The second kappa shape index (κ2) is 7.05. The lowest BCUT2D eigenvalue weighted by molar-refractivity contribution is 0.102. The van der Waals surface area contributed by atoms with Gasteiger partial charge in [-0.25, -0.2) is 9.37 Å². The van der Waals surface area contributed by atoms with Crippen molar-refractivity contribution in [3.8, 4) is 11.3 Å². The minimum absolute atomic E-state index is 0.111. The molecule has 2 aromatic carbocycles. The van der Waals surface area contributed by atoms with Gasteiger partial charge in [-0.2, -0.15) is 0 Å². The summed E-state index contributed by atoms with van der Waals surface area (Å²) < 4.78 is 18.6. The van der Waals surface area contributed by atoms with Crippen molar-refractivity contribution >= 4 is 34.3 Å². The quantitative estimate of drug-likeness (QED) is 0.493. The lowest BCUT2D eigenvalue weighted by Crippen LogP contribution is -2.13. The number of nitrogens with one attached hydrogen (secondary N) is 1. The minimum Gasteiger partial charge on any atom is -0.335 e. The van der Waals surface area contributed by atoms with Crippen molar-refractivity contribution in [2.24, 2.45) is 0 Å². The first-order valence-electron chi connectivity index (χ1n) is 8.53. The third-order valence-electron chi connectivity index (χ3n) is 4.39. The summed E-state index contributed by atoms with van der Waals surface area (Å²) in [5, 5.41) is 7.28. The predicted octanol–water partition coefficient (Wildman–Crippen LogP) is 5.55. The number of hydrogen-bond acceptors (Lipinski definition) is 4. The van der Waals surface area contributed by atoms with Gasteiger partial charge in [-0.05, 0) is 38.1 Å². The molecule has 2 aromatic heterocycles. The van der Waals surface area contributed by atoms with Crippen LogP contribution < -0.4 is 5.32 Å². The SMILES string of the molecule is Cc1ccc(-c2cc(C(=O)Nc3ccc(F)cc3Cl)c3c(C)noc3n2)cc1. The summed E-state index contributed by atoms with van der Waals surface area (Å²) in [5.74, 6) is -0.897. The molecule has 0 spiro atoms. The van der Waals surface area contributed by atoms with E-state index in [1.165, 1.54) is 12.1 Å². The van der Waals surface area contributed by atoms with E-state index < -0.39 is 11.7 Å². The summed E-state index contributed by atoms with van der Waals surface area (Å²) in [4.78, 5) is 17.5. The van der Waals surface area contributed by atoms with Crippen molar-refractivity contribution in [3.63, 3.8) is 0 Å². The summed E-state index contributed by atoms with van der Waals surface area (Å²) in [6.07, 6.45) is 0. The van der Waals surface area contributed by atoms with Crippen LogP contribution in [-0.2, 0) is 0 Å². The van der Waals surface area contributed by atoms with Gasteiger partial charge in [-0.3, -0.25) is 4.79 Å². The number of halogens is 2. The van der Waals surface area contributed by atoms with Crippen LogP contribution in [0.2, 0.25) is 5.02 Å². The molecule has 0 aliphatic carbocycles. The van der Waals surface area contributed by atoms with Gasteiger partial charge in [0.2, 0.25) is 0 Å². The van der Waals surface area contributed by atoms with Crippen LogP contribution in [0.25, 0.3) is 22.4 Å². The Kier molecular flexibility index (Phi) is 4.57. The number of hydrogen-bond donors (Lipinski definition) is 1. The molecule has 7 heteroatoms. The molecule has 1 amide bonds. The molecule has 0 aliphatic heterocycles. The fourth-order valence-electron chi connectivity index (χ4n) is 2.93. The smallest absolute Gasteiger partial charge is 0.259 e. The van der Waals surface area contributed by atoms with E-state index in [-0.39, 0.29) is 10.7 Å². The first-order valence-corrected chi connectivity index (χ1v) is 8.90. The van der Waals surface area contributed by atoms with Crippen LogP contribution in [-0.4, -0.2) is 16.0 Å². The summed E-state index contributed by atoms with van der Waals surface area (Å²) in [5.41, 5.74) is 4.02. The highest BCUT2D eigenvalue weighted by Crippen LogP contribution is 2.29. The molecule has 140 valence electrons. The Hall–Kier alpha value is -3.25. The fraction of sp³-hybridized carbons (Fsp3) is 0.0952. The van der Waals surface area contributed by atoms with E-state index in [0.29, 0.717) is 28.0 Å². The fourth-order valence-corrected chi connectivity index (χ4v) is 3.14. The monoisotopic (exact) mass is 395 g/mol. The molecule has 4 rings (SSSR count). The summed E-state index contributed by atoms with van der Waals surface area (Å²) in [6, 6.07) is 13.2. The number of nitrogens with zero attached hydrogens (tertiary/aromatic N) is 2. The number of benzene rings is 2. The number of anilines is 1. The molecule has 0 unspecified atom stereocenters. The first-order chi connectivity index (χ1) is 13.4. The van der Waals surface area contributed by atoms with Crippen LogP contribution in [0.1, 0.15) is 21.6 Å². The summed E-state index contributed by atoms with van der Waals surface area (Å²) in [7, 11) is 0. The molecule has 1 N–H and O–H groups in total. The molecule has 28 heavy (non-hydrogen) atoms. The second-order valence-corrected chi connectivity index (χ2v) is 6.85. The maximum absolute atomic E-state index is 13.3. The number of aromatic nitrogens is 2. The average Bonchev–Trinajstić information content (AvgIpc) is 3.05. The number of aryl methyl sites for hydroxylation is 2. The van der Waals surface area contributed by atoms with Gasteiger partial charge in [0.1, 0.15) is 5.82 Å². The van der Waals surface area contributed by atoms with E-state index in [9.17, 15) is 9.18 Å². The third kappa shape index (κ3) is 3.34. The maximum Gasteiger partial charge on any atom is 0.259 e. The minimum atomic E-state index is -0.481. The highest BCUT2D eigenvalue weighted by molar-refractivity contribution is 6.34. The summed E-state index contributed by atoms with van der Waals surface area (Å²) in [6.45, 7) is 3.73. The number of pyridine rings is 1. The third-order valence-corrected chi connectivity index (χ3v) is 4.70. The lowest BCUT2D eigenvalue weighted by atomic mass is 10.0. The van der Waals surface area contributed by atoms with Gasteiger partial charge >= 0.3 is 0 Å². The zero-order valence-electron chi connectivity index (χ0n) is 15.1. The van der Waals surface area contributed by atoms with Crippen molar-refractivity contribution < 1.29 is 13.7 Å². The topological polar surface area (TPSA) is 68.0 Å². The van der Waals surface area contributed by atoms with Gasteiger partial charge in [-0.1, -0.05) is 46.6 Å². The molecule has 4 aromatic rings. The van der Waals surface area contributed by atoms with Crippen LogP contribution in [0.4, 0.5) is 10.1 Å². The van der Waals surface area contributed by atoms with Crippen LogP contribution in [0, 0.1) is 19.7 Å². The molecular formula is C21H15ClFN3O2. The largest absolute Gasteiger partial charge is 0.335 e. The van der Waals surface area contributed by atoms with Gasteiger partial charge in [0.15, 0.2) is 0 Å². The Bertz CT molecular complexity index is 1200. The standard InChI is InChI=1S/C21H15ClFN3O2/c1-11-3-5-13(6-4-11)18-10-15(19-12(2)26-28-21(19)25-18)20(27)24-17-8-7-14(23)9-16(17)22/h3-10H,1-2H3,(H,24,27). The highest BCUT2D eigenvalue weighted by atomic mass is 35.5. The highest BCUT2D eigenvalue weighted by Gasteiger charge is 2.20. The Morgan fingerprint density at radius 2 is 1.86 bits per heavy atom. The van der Waals surface area contributed by atoms with Crippen LogP contribution >= 0.6 is 11.6 Å². The van der Waals surface area contributed by atoms with Crippen LogP contribution in [0.5, 0.6) is 0 Å². The maximum atomic E-state index is 13.3. The number of amides is 1. The van der Waals surface area contributed by atoms with E-state index in [1.807, 2.05) is 31.2 Å². The van der Waals surface area contributed by atoms with Gasteiger partial charge in [0, 0.05) is 5.56 Å². The molecule has 0 saturated carbocycles. The predicted molar refractivity (Wildman–Crippen MR) is 106 cm³/mol. The van der Waals surface area contributed by atoms with Gasteiger partial charge < -0.3 is 9.84 Å². The molecule has 5 nitrogen and oxygen atoms in total. The van der Waals surface area contributed by atoms with Crippen molar-refractivity contribution in [1.29, 1.82) is 0 Å². The van der Waals surface area contributed by atoms with E-state index in [4.69, 9.17) is 16.1 Å². The van der Waals surface area contributed by atoms with Crippen molar-refractivity contribution in [3.05, 3.63) is 76.2 Å².